The number of aromatic nitrogens is 2. The molecule has 5 heteroatoms. The minimum absolute atomic E-state index is 0.474. The number of aryl methyl sites for hydroxylation is 1. The highest BCUT2D eigenvalue weighted by Crippen LogP contribution is 2.24. The third-order valence-corrected chi connectivity index (χ3v) is 3.44. The Balaban J connectivity index is 2.11. The molecular weight excluding hydrogens is 266 g/mol. The molecule has 1 N–H and O–H groups in total. The molecule has 0 fully saturated rings. The lowest BCUT2D eigenvalue weighted by Gasteiger charge is -2.19. The molecule has 5 nitrogen and oxygen atoms in total. The molecule has 0 aliphatic rings. The van der Waals surface area contributed by atoms with E-state index in [9.17, 15) is 5.11 Å². The summed E-state index contributed by atoms with van der Waals surface area (Å²) in [6.45, 7) is 3.33. The van der Waals surface area contributed by atoms with E-state index in [4.69, 9.17) is 4.74 Å². The Morgan fingerprint density at radius 2 is 2.14 bits per heavy atom. The summed E-state index contributed by atoms with van der Waals surface area (Å²) in [5, 5.41) is 13.9. The minimum atomic E-state index is -0.474. The first-order valence-electron chi connectivity index (χ1n) is 7.00. The van der Waals surface area contributed by atoms with Gasteiger partial charge in [0.1, 0.15) is 5.75 Å². The van der Waals surface area contributed by atoms with Crippen molar-refractivity contribution in [1.82, 2.24) is 14.7 Å². The van der Waals surface area contributed by atoms with Crippen LogP contribution in [0.2, 0.25) is 0 Å². The lowest BCUT2D eigenvalue weighted by Crippen LogP contribution is -2.17. The Kier molecular flexibility index (Phi) is 4.98. The monoisotopic (exact) mass is 289 g/mol. The number of ether oxygens (including phenoxy) is 1. The largest absolute Gasteiger partial charge is 0.496 e. The summed E-state index contributed by atoms with van der Waals surface area (Å²) in [5.41, 5.74) is 3.15. The van der Waals surface area contributed by atoms with Gasteiger partial charge in [0.25, 0.3) is 0 Å². The van der Waals surface area contributed by atoms with Crippen LogP contribution in [0.5, 0.6) is 5.75 Å². The molecule has 0 amide bonds. The van der Waals surface area contributed by atoms with Crippen LogP contribution in [0, 0.1) is 0 Å². The number of hydrogen-bond acceptors (Lipinski definition) is 4. The molecule has 0 bridgehead atoms. The molecular formula is C16H23N3O2. The summed E-state index contributed by atoms with van der Waals surface area (Å²) in [4.78, 5) is 2.20. The van der Waals surface area contributed by atoms with Crippen molar-refractivity contribution < 1.29 is 9.84 Å². The molecule has 1 unspecified atom stereocenters. The topological polar surface area (TPSA) is 50.5 Å². The van der Waals surface area contributed by atoms with Crippen molar-refractivity contribution in [2.24, 2.45) is 7.05 Å². The molecule has 1 aromatic carbocycles. The van der Waals surface area contributed by atoms with E-state index in [0.717, 1.165) is 30.0 Å². The molecule has 2 rings (SSSR count). The maximum atomic E-state index is 9.72. The van der Waals surface area contributed by atoms with Crippen molar-refractivity contribution in [2.75, 3.05) is 14.2 Å². The predicted octanol–water partition coefficient (Wildman–Crippen LogP) is 2.11. The van der Waals surface area contributed by atoms with Gasteiger partial charge in [-0.05, 0) is 31.7 Å². The quantitative estimate of drug-likeness (QED) is 0.885. The number of rotatable bonds is 6. The smallest absolute Gasteiger partial charge is 0.123 e. The van der Waals surface area contributed by atoms with Gasteiger partial charge in [0.05, 0.1) is 19.4 Å². The number of nitrogens with zero attached hydrogens (tertiary/aromatic N) is 3. The zero-order valence-electron chi connectivity index (χ0n) is 13.1. The van der Waals surface area contributed by atoms with Gasteiger partial charge in [-0.15, -0.1) is 0 Å². The van der Waals surface area contributed by atoms with E-state index in [1.54, 1.807) is 18.7 Å². The van der Waals surface area contributed by atoms with Crippen molar-refractivity contribution in [3.05, 3.63) is 47.3 Å². The number of aliphatic hydroxyl groups is 1. The van der Waals surface area contributed by atoms with Gasteiger partial charge in [-0.1, -0.05) is 6.07 Å². The van der Waals surface area contributed by atoms with E-state index in [0.29, 0.717) is 0 Å². The van der Waals surface area contributed by atoms with E-state index in [1.165, 1.54) is 5.56 Å². The Labute approximate surface area is 125 Å². The first-order chi connectivity index (χ1) is 9.99. The van der Waals surface area contributed by atoms with Gasteiger partial charge < -0.3 is 9.84 Å². The highest BCUT2D eigenvalue weighted by molar-refractivity contribution is 5.38. The average molecular weight is 289 g/mol. The second-order valence-corrected chi connectivity index (χ2v) is 5.44. The first-order valence-corrected chi connectivity index (χ1v) is 7.00. The van der Waals surface area contributed by atoms with Crippen LogP contribution >= 0.6 is 0 Å². The number of methoxy groups -OCH3 is 1. The molecule has 0 saturated carbocycles. The van der Waals surface area contributed by atoms with Crippen LogP contribution in [-0.4, -0.2) is 33.9 Å². The number of hydrogen-bond donors (Lipinski definition) is 1. The van der Waals surface area contributed by atoms with Crippen LogP contribution in [0.15, 0.2) is 30.6 Å². The second kappa shape index (κ2) is 6.74. The molecule has 0 saturated heterocycles. The van der Waals surface area contributed by atoms with E-state index in [-0.39, 0.29) is 0 Å². The molecule has 0 radical (unpaired) electrons. The van der Waals surface area contributed by atoms with Gasteiger partial charge >= 0.3 is 0 Å². The molecule has 2 aromatic rings. The maximum absolute atomic E-state index is 9.72. The highest BCUT2D eigenvalue weighted by atomic mass is 16.5. The summed E-state index contributed by atoms with van der Waals surface area (Å²) in [6.07, 6.45) is 3.41. The van der Waals surface area contributed by atoms with E-state index in [1.807, 2.05) is 37.6 Å². The van der Waals surface area contributed by atoms with E-state index < -0.39 is 6.10 Å². The Morgan fingerprint density at radius 3 is 2.71 bits per heavy atom. The standard InChI is InChI=1S/C16H23N3O2/c1-12(20)14-5-6-16(21-4)15(7-14)11-18(2)9-13-8-17-19(3)10-13/h5-8,10,12,20H,9,11H2,1-4H3. The van der Waals surface area contributed by atoms with Gasteiger partial charge in [0, 0.05) is 37.5 Å². The van der Waals surface area contributed by atoms with Crippen molar-refractivity contribution in [2.45, 2.75) is 26.1 Å². The molecule has 1 aromatic heterocycles. The highest BCUT2D eigenvalue weighted by Gasteiger charge is 2.11. The van der Waals surface area contributed by atoms with Crippen LogP contribution < -0.4 is 4.74 Å². The van der Waals surface area contributed by atoms with Gasteiger partial charge in [0.2, 0.25) is 0 Å². The summed E-state index contributed by atoms with van der Waals surface area (Å²) in [7, 11) is 5.64. The zero-order valence-corrected chi connectivity index (χ0v) is 13.1. The molecule has 1 atom stereocenters. The fraction of sp³-hybridized carbons (Fsp3) is 0.438. The fourth-order valence-corrected chi connectivity index (χ4v) is 2.39. The average Bonchev–Trinajstić information content (AvgIpc) is 2.83. The number of benzene rings is 1. The normalized spacial score (nSPS) is 12.7. The molecule has 0 spiro atoms. The van der Waals surface area contributed by atoms with Crippen LogP contribution in [0.25, 0.3) is 0 Å². The minimum Gasteiger partial charge on any atom is -0.496 e. The lowest BCUT2D eigenvalue weighted by molar-refractivity contribution is 0.199. The molecule has 0 aliphatic carbocycles. The van der Waals surface area contributed by atoms with Crippen LogP contribution in [0.4, 0.5) is 0 Å². The summed E-state index contributed by atoms with van der Waals surface area (Å²) in [6, 6.07) is 5.81. The first kappa shape index (κ1) is 15.5. The summed E-state index contributed by atoms with van der Waals surface area (Å²) < 4.78 is 7.21. The third kappa shape index (κ3) is 4.06. The van der Waals surface area contributed by atoms with Crippen LogP contribution in [-0.2, 0) is 20.1 Å². The third-order valence-electron chi connectivity index (χ3n) is 3.44. The van der Waals surface area contributed by atoms with Gasteiger partial charge in [-0.3, -0.25) is 9.58 Å². The second-order valence-electron chi connectivity index (χ2n) is 5.44. The van der Waals surface area contributed by atoms with Crippen molar-refractivity contribution in [1.29, 1.82) is 0 Å². The van der Waals surface area contributed by atoms with Gasteiger partial charge in [-0.2, -0.15) is 5.10 Å². The maximum Gasteiger partial charge on any atom is 0.123 e. The van der Waals surface area contributed by atoms with Gasteiger partial charge in [0.15, 0.2) is 0 Å². The van der Waals surface area contributed by atoms with E-state index >= 15 is 0 Å². The van der Waals surface area contributed by atoms with Crippen molar-refractivity contribution >= 4 is 0 Å². The van der Waals surface area contributed by atoms with Crippen molar-refractivity contribution in [3.63, 3.8) is 0 Å². The fourth-order valence-electron chi connectivity index (χ4n) is 2.39. The lowest BCUT2D eigenvalue weighted by atomic mass is 10.1. The van der Waals surface area contributed by atoms with Gasteiger partial charge in [-0.25, -0.2) is 0 Å². The van der Waals surface area contributed by atoms with Crippen LogP contribution in [0.3, 0.4) is 0 Å². The molecule has 114 valence electrons. The van der Waals surface area contributed by atoms with Crippen molar-refractivity contribution in [3.8, 4) is 5.75 Å². The summed E-state index contributed by atoms with van der Waals surface area (Å²) in [5.74, 6) is 0.845. The molecule has 21 heavy (non-hydrogen) atoms. The Morgan fingerprint density at radius 1 is 1.38 bits per heavy atom. The zero-order chi connectivity index (χ0) is 15.4. The molecule has 0 aliphatic heterocycles. The Hall–Kier alpha value is -1.85. The van der Waals surface area contributed by atoms with E-state index in [2.05, 4.69) is 17.0 Å². The summed E-state index contributed by atoms with van der Waals surface area (Å²) >= 11 is 0. The SMILES string of the molecule is COc1ccc(C(C)O)cc1CN(C)Cc1cnn(C)c1. The predicted molar refractivity (Wildman–Crippen MR) is 82.0 cm³/mol. The number of aliphatic hydroxyl groups excluding tert-OH is 1. The molecule has 1 heterocycles. The van der Waals surface area contributed by atoms with Crippen LogP contribution in [0.1, 0.15) is 29.7 Å². The Bertz CT molecular complexity index is 593.